The Morgan fingerprint density at radius 2 is 2.00 bits per heavy atom. The van der Waals surface area contributed by atoms with Crippen LogP contribution < -0.4 is 0 Å². The number of carboxylic acids is 1. The lowest BCUT2D eigenvalue weighted by Gasteiger charge is -2.10. The minimum atomic E-state index is -0.906. The highest BCUT2D eigenvalue weighted by Gasteiger charge is 2.16. The number of hydrogen-bond donors (Lipinski definition) is 2. The summed E-state index contributed by atoms with van der Waals surface area (Å²) in [7, 11) is 0. The summed E-state index contributed by atoms with van der Waals surface area (Å²) in [6.45, 7) is 3.62. The molecule has 0 aromatic heterocycles. The molecule has 0 fully saturated rings. The number of hydrogen-bond acceptors (Lipinski definition) is 2. The molecule has 0 amide bonds. The van der Waals surface area contributed by atoms with Crippen LogP contribution in [0, 0.1) is 11.8 Å². The summed E-state index contributed by atoms with van der Waals surface area (Å²) in [5.41, 5.74) is 0. The molecule has 0 aliphatic heterocycles. The van der Waals surface area contributed by atoms with Gasteiger partial charge in [0.25, 0.3) is 0 Å². The third-order valence-corrected chi connectivity index (χ3v) is 1.33. The molecular formula is C7H14O3. The molecule has 0 heterocycles. The highest BCUT2D eigenvalue weighted by molar-refractivity contribution is 5.70. The molecule has 3 nitrogen and oxygen atoms in total. The summed E-state index contributed by atoms with van der Waals surface area (Å²) in [6.07, 6.45) is 0.547. The standard InChI is InChI=1S/C7H14O3/c1-5(2)3-6(4-8)7(9)10/h5-6,8H,3-4H2,1-2H3,(H,9,10)/t6-/m1/s1. The lowest BCUT2D eigenvalue weighted by molar-refractivity contribution is -0.143. The van der Waals surface area contributed by atoms with Gasteiger partial charge < -0.3 is 10.2 Å². The van der Waals surface area contributed by atoms with Crippen LogP contribution in [0.15, 0.2) is 0 Å². The van der Waals surface area contributed by atoms with Gasteiger partial charge in [0, 0.05) is 0 Å². The molecule has 10 heavy (non-hydrogen) atoms. The Hall–Kier alpha value is -0.570. The smallest absolute Gasteiger partial charge is 0.308 e. The van der Waals surface area contributed by atoms with Crippen molar-refractivity contribution >= 4 is 5.97 Å². The molecule has 1 atom stereocenters. The Balaban J connectivity index is 3.72. The molecule has 0 rings (SSSR count). The molecule has 3 heteroatoms. The summed E-state index contributed by atoms with van der Waals surface area (Å²) in [5.74, 6) is -1.16. The van der Waals surface area contributed by atoms with E-state index in [1.807, 2.05) is 13.8 Å². The Morgan fingerprint density at radius 3 is 2.10 bits per heavy atom. The predicted molar refractivity (Wildman–Crippen MR) is 37.7 cm³/mol. The van der Waals surface area contributed by atoms with Crippen LogP contribution in [0.1, 0.15) is 20.3 Å². The van der Waals surface area contributed by atoms with E-state index in [-0.39, 0.29) is 6.61 Å². The SMILES string of the molecule is CC(C)C[C@H](CO)C(=O)O. The van der Waals surface area contributed by atoms with Crippen molar-refractivity contribution in [3.8, 4) is 0 Å². The van der Waals surface area contributed by atoms with E-state index in [1.165, 1.54) is 0 Å². The molecule has 0 spiro atoms. The largest absolute Gasteiger partial charge is 0.481 e. The zero-order valence-electron chi connectivity index (χ0n) is 6.37. The topological polar surface area (TPSA) is 57.5 Å². The summed E-state index contributed by atoms with van der Waals surface area (Å²) >= 11 is 0. The Morgan fingerprint density at radius 1 is 1.50 bits per heavy atom. The van der Waals surface area contributed by atoms with Crippen LogP contribution in [-0.2, 0) is 4.79 Å². The predicted octanol–water partition coefficient (Wildman–Crippen LogP) is 0.726. The maximum absolute atomic E-state index is 10.3. The minimum Gasteiger partial charge on any atom is -0.481 e. The zero-order chi connectivity index (χ0) is 8.15. The van der Waals surface area contributed by atoms with Crippen molar-refractivity contribution in [1.82, 2.24) is 0 Å². The number of aliphatic hydroxyl groups is 1. The lowest BCUT2D eigenvalue weighted by atomic mass is 9.98. The van der Waals surface area contributed by atoms with Gasteiger partial charge in [0.1, 0.15) is 0 Å². The average molecular weight is 146 g/mol. The third-order valence-electron chi connectivity index (χ3n) is 1.33. The van der Waals surface area contributed by atoms with E-state index in [1.54, 1.807) is 0 Å². The van der Waals surface area contributed by atoms with Crippen molar-refractivity contribution in [1.29, 1.82) is 0 Å². The summed E-state index contributed by atoms with van der Waals surface area (Å²) in [4.78, 5) is 10.3. The molecule has 0 aromatic rings. The molecule has 0 aliphatic carbocycles. The van der Waals surface area contributed by atoms with Crippen molar-refractivity contribution in [2.24, 2.45) is 11.8 Å². The maximum atomic E-state index is 10.3. The van der Waals surface area contributed by atoms with Gasteiger partial charge >= 0.3 is 5.97 Å². The monoisotopic (exact) mass is 146 g/mol. The fourth-order valence-electron chi connectivity index (χ4n) is 0.822. The molecule has 0 unspecified atom stereocenters. The van der Waals surface area contributed by atoms with Gasteiger partial charge in [0.05, 0.1) is 12.5 Å². The lowest BCUT2D eigenvalue weighted by Crippen LogP contribution is -2.19. The second-order valence-electron chi connectivity index (χ2n) is 2.85. The Bertz CT molecular complexity index is 109. The first kappa shape index (κ1) is 9.43. The second kappa shape index (κ2) is 4.28. The van der Waals surface area contributed by atoms with E-state index >= 15 is 0 Å². The van der Waals surface area contributed by atoms with Crippen LogP contribution in [0.4, 0.5) is 0 Å². The first-order valence-corrected chi connectivity index (χ1v) is 3.41. The molecule has 0 saturated heterocycles. The van der Waals surface area contributed by atoms with Gasteiger partial charge in [0.2, 0.25) is 0 Å². The van der Waals surface area contributed by atoms with Gasteiger partial charge in [-0.25, -0.2) is 0 Å². The van der Waals surface area contributed by atoms with E-state index < -0.39 is 11.9 Å². The first-order chi connectivity index (χ1) is 4.57. The van der Waals surface area contributed by atoms with Crippen LogP contribution in [0.2, 0.25) is 0 Å². The van der Waals surface area contributed by atoms with E-state index in [9.17, 15) is 4.79 Å². The van der Waals surface area contributed by atoms with Crippen LogP contribution in [-0.4, -0.2) is 22.8 Å². The maximum Gasteiger partial charge on any atom is 0.308 e. The van der Waals surface area contributed by atoms with Gasteiger partial charge in [-0.2, -0.15) is 0 Å². The van der Waals surface area contributed by atoms with Crippen LogP contribution in [0.5, 0.6) is 0 Å². The first-order valence-electron chi connectivity index (χ1n) is 3.41. The Labute approximate surface area is 60.7 Å². The zero-order valence-corrected chi connectivity index (χ0v) is 6.37. The molecule has 2 N–H and O–H groups in total. The van der Waals surface area contributed by atoms with Gasteiger partial charge in [-0.05, 0) is 12.3 Å². The van der Waals surface area contributed by atoms with E-state index in [2.05, 4.69) is 0 Å². The van der Waals surface area contributed by atoms with Gasteiger partial charge in [0.15, 0.2) is 0 Å². The molecular weight excluding hydrogens is 132 g/mol. The quantitative estimate of drug-likeness (QED) is 0.614. The number of aliphatic carboxylic acids is 1. The third kappa shape index (κ3) is 3.45. The molecule has 0 aromatic carbocycles. The normalized spacial score (nSPS) is 13.6. The van der Waals surface area contributed by atoms with Crippen molar-refractivity contribution < 1.29 is 15.0 Å². The molecule has 60 valence electrons. The van der Waals surface area contributed by atoms with Crippen molar-refractivity contribution in [3.63, 3.8) is 0 Å². The van der Waals surface area contributed by atoms with Crippen LogP contribution >= 0.6 is 0 Å². The fraction of sp³-hybridized carbons (Fsp3) is 0.857. The number of rotatable bonds is 4. The van der Waals surface area contributed by atoms with Crippen molar-refractivity contribution in [2.75, 3.05) is 6.61 Å². The summed E-state index contributed by atoms with van der Waals surface area (Å²) in [6, 6.07) is 0. The molecule has 0 aliphatic rings. The van der Waals surface area contributed by atoms with Gasteiger partial charge in [-0.1, -0.05) is 13.8 Å². The van der Waals surface area contributed by atoms with Crippen LogP contribution in [0.3, 0.4) is 0 Å². The van der Waals surface area contributed by atoms with Crippen LogP contribution in [0.25, 0.3) is 0 Å². The molecule has 0 bridgehead atoms. The van der Waals surface area contributed by atoms with Gasteiger partial charge in [-0.3, -0.25) is 4.79 Å². The Kier molecular flexibility index (Phi) is 4.03. The van der Waals surface area contributed by atoms with E-state index in [0.717, 1.165) is 0 Å². The van der Waals surface area contributed by atoms with E-state index in [0.29, 0.717) is 12.3 Å². The number of carbonyl (C=O) groups is 1. The van der Waals surface area contributed by atoms with Gasteiger partial charge in [-0.15, -0.1) is 0 Å². The summed E-state index contributed by atoms with van der Waals surface area (Å²) in [5, 5.41) is 17.0. The van der Waals surface area contributed by atoms with Crippen molar-refractivity contribution in [2.45, 2.75) is 20.3 Å². The highest BCUT2D eigenvalue weighted by atomic mass is 16.4. The van der Waals surface area contributed by atoms with E-state index in [4.69, 9.17) is 10.2 Å². The molecule has 0 saturated carbocycles. The minimum absolute atomic E-state index is 0.256. The summed E-state index contributed by atoms with van der Waals surface area (Å²) < 4.78 is 0. The highest BCUT2D eigenvalue weighted by Crippen LogP contribution is 2.10. The molecule has 0 radical (unpaired) electrons. The second-order valence-corrected chi connectivity index (χ2v) is 2.85. The van der Waals surface area contributed by atoms with Crippen molar-refractivity contribution in [3.05, 3.63) is 0 Å². The fourth-order valence-corrected chi connectivity index (χ4v) is 0.822. The number of aliphatic hydroxyl groups excluding tert-OH is 1. The average Bonchev–Trinajstić information content (AvgIpc) is 1.81. The number of carboxylic acid groups (broad SMARTS) is 1.